The number of hydrogen-bond acceptors (Lipinski definition) is 2. The van der Waals surface area contributed by atoms with Gasteiger partial charge in [-0.05, 0) is 48.8 Å². The van der Waals surface area contributed by atoms with Gasteiger partial charge in [-0.2, -0.15) is 0 Å². The highest BCUT2D eigenvalue weighted by Gasteiger charge is 2.33. The minimum Gasteiger partial charge on any atom is -0.351 e. The summed E-state index contributed by atoms with van der Waals surface area (Å²) in [5.74, 6) is 0.349. The van der Waals surface area contributed by atoms with Crippen LogP contribution in [-0.2, 0) is 9.59 Å². The van der Waals surface area contributed by atoms with Gasteiger partial charge in [0.25, 0.3) is 0 Å². The Balaban J connectivity index is 2.31. The number of alkyl halides is 1. The third-order valence-corrected chi connectivity index (χ3v) is 6.05. The summed E-state index contributed by atoms with van der Waals surface area (Å²) in [6.45, 7) is 6.88. The molecule has 0 bridgehead atoms. The van der Waals surface area contributed by atoms with Crippen LogP contribution in [0, 0.1) is 11.8 Å². The Labute approximate surface area is 179 Å². The van der Waals surface area contributed by atoms with Crippen molar-refractivity contribution in [2.24, 2.45) is 11.8 Å². The van der Waals surface area contributed by atoms with E-state index < -0.39 is 6.04 Å². The number of benzene rings is 1. The predicted octanol–water partition coefficient (Wildman–Crippen LogP) is 5.19. The van der Waals surface area contributed by atoms with Crippen LogP contribution in [0.25, 0.3) is 0 Å². The first-order valence-electron chi connectivity index (χ1n) is 10.2. The zero-order valence-corrected chi connectivity index (χ0v) is 18.6. The van der Waals surface area contributed by atoms with Crippen molar-refractivity contribution in [1.82, 2.24) is 10.2 Å². The summed E-state index contributed by atoms with van der Waals surface area (Å²) in [6.07, 6.45) is 5.24. The number of halogens is 2. The molecule has 0 aliphatic heterocycles. The van der Waals surface area contributed by atoms with Crippen molar-refractivity contribution < 1.29 is 9.59 Å². The first-order chi connectivity index (χ1) is 13.3. The summed E-state index contributed by atoms with van der Waals surface area (Å²) >= 11 is 11.9. The van der Waals surface area contributed by atoms with Crippen LogP contribution in [0.1, 0.15) is 64.5 Å². The molecule has 28 heavy (non-hydrogen) atoms. The normalized spacial score (nSPS) is 20.6. The maximum absolute atomic E-state index is 13.4. The van der Waals surface area contributed by atoms with E-state index in [0.29, 0.717) is 23.4 Å². The van der Waals surface area contributed by atoms with Crippen LogP contribution in [0.15, 0.2) is 24.3 Å². The number of nitrogens with one attached hydrogen (secondary N) is 1. The van der Waals surface area contributed by atoms with Gasteiger partial charge in [0.05, 0.1) is 0 Å². The molecule has 1 aromatic carbocycles. The Bertz CT molecular complexity index is 648. The molecular weight excluding hydrogens is 395 g/mol. The van der Waals surface area contributed by atoms with E-state index in [9.17, 15) is 9.59 Å². The van der Waals surface area contributed by atoms with Gasteiger partial charge in [0, 0.05) is 17.6 Å². The molecule has 0 heterocycles. The van der Waals surface area contributed by atoms with Crippen molar-refractivity contribution in [3.05, 3.63) is 34.9 Å². The summed E-state index contributed by atoms with van der Waals surface area (Å²) in [5, 5.41) is 3.82. The van der Waals surface area contributed by atoms with Crippen molar-refractivity contribution in [1.29, 1.82) is 0 Å². The highest BCUT2D eigenvalue weighted by molar-refractivity contribution is 6.30. The van der Waals surface area contributed by atoms with Crippen LogP contribution in [0.2, 0.25) is 5.02 Å². The molecule has 0 radical (unpaired) electrons. The molecule has 1 saturated carbocycles. The van der Waals surface area contributed by atoms with Gasteiger partial charge in [0.1, 0.15) is 11.9 Å². The predicted molar refractivity (Wildman–Crippen MR) is 116 cm³/mol. The summed E-state index contributed by atoms with van der Waals surface area (Å²) < 4.78 is 0. The van der Waals surface area contributed by atoms with E-state index in [2.05, 4.69) is 26.1 Å². The molecule has 0 aromatic heterocycles. The quantitative estimate of drug-likeness (QED) is 0.581. The SMILES string of the molecule is CC(C)CCN(C(=O)CCl)[C@H](C(=O)N[C@H]1CCCC[C@@H]1C)c1ccc(Cl)cc1. The van der Waals surface area contributed by atoms with Gasteiger partial charge in [0.15, 0.2) is 0 Å². The van der Waals surface area contributed by atoms with E-state index in [1.54, 1.807) is 17.0 Å². The first-order valence-corrected chi connectivity index (χ1v) is 11.2. The molecule has 1 aliphatic carbocycles. The van der Waals surface area contributed by atoms with Crippen molar-refractivity contribution >= 4 is 35.0 Å². The van der Waals surface area contributed by atoms with Crippen LogP contribution >= 0.6 is 23.2 Å². The number of carbonyl (C=O) groups is 2. The number of hydrogen-bond donors (Lipinski definition) is 1. The van der Waals surface area contributed by atoms with Crippen LogP contribution in [0.5, 0.6) is 0 Å². The van der Waals surface area contributed by atoms with Crippen LogP contribution in [0.3, 0.4) is 0 Å². The summed E-state index contributed by atoms with van der Waals surface area (Å²) in [6, 6.07) is 6.60. The molecule has 0 saturated heterocycles. The Hall–Kier alpha value is -1.26. The number of carbonyl (C=O) groups excluding carboxylic acids is 2. The third kappa shape index (κ3) is 6.38. The average molecular weight is 427 g/mol. The Morgan fingerprint density at radius 3 is 2.39 bits per heavy atom. The number of rotatable bonds is 8. The molecule has 1 aromatic rings. The number of nitrogens with zero attached hydrogens (tertiary/aromatic N) is 1. The van der Waals surface area contributed by atoms with Crippen LogP contribution in [-0.4, -0.2) is 35.2 Å². The monoisotopic (exact) mass is 426 g/mol. The van der Waals surface area contributed by atoms with Gasteiger partial charge in [0.2, 0.25) is 11.8 Å². The third-order valence-electron chi connectivity index (χ3n) is 5.57. The Morgan fingerprint density at radius 2 is 1.82 bits per heavy atom. The van der Waals surface area contributed by atoms with E-state index in [4.69, 9.17) is 23.2 Å². The van der Waals surface area contributed by atoms with Crippen molar-refractivity contribution in [3.63, 3.8) is 0 Å². The second kappa shape index (κ2) is 11.1. The van der Waals surface area contributed by atoms with E-state index in [1.165, 1.54) is 6.42 Å². The molecule has 0 spiro atoms. The molecule has 4 nitrogen and oxygen atoms in total. The average Bonchev–Trinajstić information content (AvgIpc) is 2.67. The maximum atomic E-state index is 13.4. The molecule has 6 heteroatoms. The maximum Gasteiger partial charge on any atom is 0.247 e. The minimum atomic E-state index is -0.698. The molecule has 1 N–H and O–H groups in total. The second-order valence-electron chi connectivity index (χ2n) is 8.23. The largest absolute Gasteiger partial charge is 0.351 e. The van der Waals surface area contributed by atoms with E-state index in [1.807, 2.05) is 12.1 Å². The molecular formula is C22H32Cl2N2O2. The molecule has 0 unspecified atom stereocenters. The van der Waals surface area contributed by atoms with E-state index >= 15 is 0 Å². The molecule has 156 valence electrons. The molecule has 2 amide bonds. The fourth-order valence-electron chi connectivity index (χ4n) is 3.78. The van der Waals surface area contributed by atoms with Gasteiger partial charge in [-0.15, -0.1) is 11.6 Å². The van der Waals surface area contributed by atoms with Gasteiger partial charge in [-0.1, -0.05) is 57.3 Å². The van der Waals surface area contributed by atoms with Gasteiger partial charge in [-0.25, -0.2) is 0 Å². The van der Waals surface area contributed by atoms with Crippen molar-refractivity contribution in [2.45, 2.75) is 65.0 Å². The number of amides is 2. The summed E-state index contributed by atoms with van der Waals surface area (Å²) in [5.41, 5.74) is 0.757. The molecule has 3 atom stereocenters. The molecule has 1 fully saturated rings. The van der Waals surface area contributed by atoms with E-state index in [-0.39, 0.29) is 23.7 Å². The van der Waals surface area contributed by atoms with Crippen LogP contribution in [0.4, 0.5) is 0 Å². The van der Waals surface area contributed by atoms with Gasteiger partial charge < -0.3 is 10.2 Å². The van der Waals surface area contributed by atoms with Crippen molar-refractivity contribution in [2.75, 3.05) is 12.4 Å². The van der Waals surface area contributed by atoms with E-state index in [0.717, 1.165) is 31.2 Å². The Morgan fingerprint density at radius 1 is 1.18 bits per heavy atom. The summed E-state index contributed by atoms with van der Waals surface area (Å²) in [7, 11) is 0. The molecule has 2 rings (SSSR count). The summed E-state index contributed by atoms with van der Waals surface area (Å²) in [4.78, 5) is 27.6. The van der Waals surface area contributed by atoms with Gasteiger partial charge in [-0.3, -0.25) is 9.59 Å². The van der Waals surface area contributed by atoms with Crippen LogP contribution < -0.4 is 5.32 Å². The second-order valence-corrected chi connectivity index (χ2v) is 8.94. The lowest BCUT2D eigenvalue weighted by molar-refractivity contribution is -0.139. The first kappa shape index (κ1) is 23.0. The minimum absolute atomic E-state index is 0.136. The zero-order chi connectivity index (χ0) is 20.7. The Kier molecular flexibility index (Phi) is 9.10. The lowest BCUT2D eigenvalue weighted by atomic mass is 9.85. The zero-order valence-electron chi connectivity index (χ0n) is 17.1. The lowest BCUT2D eigenvalue weighted by Crippen LogP contribution is -2.49. The topological polar surface area (TPSA) is 49.4 Å². The molecule has 1 aliphatic rings. The fraction of sp³-hybridized carbons (Fsp3) is 0.636. The standard InChI is InChI=1S/C22H32Cl2N2O2/c1-15(2)12-13-26(20(27)14-23)21(17-8-10-18(24)11-9-17)22(28)25-19-7-5-4-6-16(19)3/h8-11,15-16,19,21H,4-7,12-14H2,1-3H3,(H,25,28)/t16-,19-,21-/m0/s1. The smallest absolute Gasteiger partial charge is 0.247 e. The highest BCUT2D eigenvalue weighted by Crippen LogP contribution is 2.28. The van der Waals surface area contributed by atoms with Gasteiger partial charge >= 0.3 is 0 Å². The van der Waals surface area contributed by atoms with Crippen molar-refractivity contribution in [3.8, 4) is 0 Å². The highest BCUT2D eigenvalue weighted by atomic mass is 35.5. The lowest BCUT2D eigenvalue weighted by Gasteiger charge is -2.35. The fourth-order valence-corrected chi connectivity index (χ4v) is 4.06.